The van der Waals surface area contributed by atoms with Crippen LogP contribution >= 0.6 is 0 Å². The lowest BCUT2D eigenvalue weighted by Crippen LogP contribution is -2.61. The van der Waals surface area contributed by atoms with Crippen molar-refractivity contribution in [3.63, 3.8) is 0 Å². The van der Waals surface area contributed by atoms with E-state index in [1.165, 1.54) is 24.0 Å². The summed E-state index contributed by atoms with van der Waals surface area (Å²) in [6, 6.07) is 8.57. The van der Waals surface area contributed by atoms with Gasteiger partial charge in [-0.25, -0.2) is 4.79 Å². The molecule has 3 nitrogen and oxygen atoms in total. The molecule has 1 spiro atoms. The van der Waals surface area contributed by atoms with Gasteiger partial charge in [0.25, 0.3) is 0 Å². The minimum Gasteiger partial charge on any atom is -0.446 e. The van der Waals surface area contributed by atoms with E-state index in [0.29, 0.717) is 5.92 Å². The van der Waals surface area contributed by atoms with Gasteiger partial charge < -0.3 is 10.1 Å². The first-order valence-electron chi connectivity index (χ1n) is 6.85. The van der Waals surface area contributed by atoms with Crippen molar-refractivity contribution in [2.45, 2.75) is 43.7 Å². The minimum atomic E-state index is -0.229. The van der Waals surface area contributed by atoms with Crippen LogP contribution in [-0.4, -0.2) is 12.2 Å². The van der Waals surface area contributed by atoms with Crippen molar-refractivity contribution in [2.24, 2.45) is 5.92 Å². The Labute approximate surface area is 107 Å². The molecule has 1 saturated heterocycles. The summed E-state index contributed by atoms with van der Waals surface area (Å²) in [7, 11) is 0. The molecule has 94 valence electrons. The molecule has 3 heteroatoms. The fourth-order valence-corrected chi connectivity index (χ4v) is 4.17. The number of amides is 1. The van der Waals surface area contributed by atoms with Gasteiger partial charge in [0, 0.05) is 6.42 Å². The van der Waals surface area contributed by atoms with Crippen LogP contribution < -0.4 is 5.32 Å². The zero-order chi connectivity index (χ0) is 12.2. The molecule has 1 aromatic rings. The normalized spacial score (nSPS) is 37.0. The molecule has 18 heavy (non-hydrogen) atoms. The van der Waals surface area contributed by atoms with E-state index >= 15 is 0 Å². The summed E-state index contributed by atoms with van der Waals surface area (Å²) in [5.74, 6) is 0.580. The second kappa shape index (κ2) is 3.50. The number of alkyl carbamates (subject to hydrolysis) is 1. The van der Waals surface area contributed by atoms with Crippen LogP contribution in [0.5, 0.6) is 0 Å². The Morgan fingerprint density at radius 2 is 2.11 bits per heavy atom. The number of aryl methyl sites for hydroxylation is 1. The Bertz CT molecular complexity index is 513. The summed E-state index contributed by atoms with van der Waals surface area (Å²) in [5, 5.41) is 3.16. The topological polar surface area (TPSA) is 38.3 Å². The molecule has 1 aliphatic heterocycles. The molecule has 1 N–H and O–H groups in total. The van der Waals surface area contributed by atoms with E-state index in [4.69, 9.17) is 4.74 Å². The fourth-order valence-electron chi connectivity index (χ4n) is 4.17. The van der Waals surface area contributed by atoms with E-state index in [9.17, 15) is 4.79 Å². The smallest absolute Gasteiger partial charge is 0.408 e. The molecule has 2 bridgehead atoms. The van der Waals surface area contributed by atoms with Gasteiger partial charge in [0.2, 0.25) is 0 Å². The number of carbonyl (C=O) groups excluding carboxylic acids is 1. The molecule has 3 unspecified atom stereocenters. The average Bonchev–Trinajstić information content (AvgIpc) is 2.37. The summed E-state index contributed by atoms with van der Waals surface area (Å²) < 4.78 is 5.37. The van der Waals surface area contributed by atoms with Gasteiger partial charge in [-0.05, 0) is 42.7 Å². The molecular formula is C15H17NO2. The Balaban J connectivity index is 1.88. The first-order valence-corrected chi connectivity index (χ1v) is 6.85. The molecule has 1 amide bonds. The van der Waals surface area contributed by atoms with Crippen molar-refractivity contribution < 1.29 is 9.53 Å². The highest BCUT2D eigenvalue weighted by atomic mass is 16.6. The van der Waals surface area contributed by atoms with Crippen molar-refractivity contribution in [3.8, 4) is 0 Å². The third kappa shape index (κ3) is 1.27. The molecule has 3 atom stereocenters. The van der Waals surface area contributed by atoms with Crippen LogP contribution in [0.1, 0.15) is 36.8 Å². The van der Waals surface area contributed by atoms with Crippen molar-refractivity contribution >= 4 is 6.09 Å². The standard InChI is InChI=1S/C15H17NO2/c17-14-16-15-9-12(18-14)8-7-11(15)6-5-10-3-1-2-4-13(10)15/h1-4,11-12H,5-9H2,(H,16,17). The molecule has 1 saturated carbocycles. The predicted molar refractivity (Wildman–Crippen MR) is 67.2 cm³/mol. The summed E-state index contributed by atoms with van der Waals surface area (Å²) in [5.41, 5.74) is 2.59. The minimum absolute atomic E-state index is 0.112. The second-order valence-corrected chi connectivity index (χ2v) is 5.80. The lowest BCUT2D eigenvalue weighted by Gasteiger charge is -2.53. The molecule has 0 aromatic heterocycles. The van der Waals surface area contributed by atoms with Crippen molar-refractivity contribution in [3.05, 3.63) is 35.4 Å². The number of fused-ring (bicyclic) bond motifs is 2. The quantitative estimate of drug-likeness (QED) is 0.761. The SMILES string of the molecule is O=C1NC23CC(CCC2CCc2ccccc23)O1. The molecule has 2 fully saturated rings. The molecular weight excluding hydrogens is 226 g/mol. The van der Waals surface area contributed by atoms with E-state index < -0.39 is 0 Å². The van der Waals surface area contributed by atoms with Gasteiger partial charge in [0.05, 0.1) is 5.54 Å². The van der Waals surface area contributed by atoms with Crippen LogP contribution in [0.15, 0.2) is 24.3 Å². The molecule has 4 rings (SSSR count). The number of carbonyl (C=O) groups is 1. The number of hydrogen-bond donors (Lipinski definition) is 1. The Kier molecular flexibility index (Phi) is 2.02. The van der Waals surface area contributed by atoms with Gasteiger partial charge in [-0.15, -0.1) is 0 Å². The number of rotatable bonds is 0. The van der Waals surface area contributed by atoms with Crippen LogP contribution in [0.4, 0.5) is 4.79 Å². The average molecular weight is 243 g/mol. The van der Waals surface area contributed by atoms with Gasteiger partial charge in [-0.2, -0.15) is 0 Å². The lowest BCUT2D eigenvalue weighted by molar-refractivity contribution is -0.0335. The maximum absolute atomic E-state index is 11.8. The molecule has 1 heterocycles. The number of nitrogens with one attached hydrogen (secondary N) is 1. The van der Waals surface area contributed by atoms with Gasteiger partial charge in [-0.1, -0.05) is 24.3 Å². The van der Waals surface area contributed by atoms with E-state index in [0.717, 1.165) is 19.3 Å². The molecule has 2 aliphatic carbocycles. The van der Waals surface area contributed by atoms with Crippen LogP contribution in [-0.2, 0) is 16.7 Å². The monoisotopic (exact) mass is 243 g/mol. The molecule has 3 aliphatic rings. The highest BCUT2D eigenvalue weighted by Crippen LogP contribution is 2.50. The first kappa shape index (κ1) is 10.4. The van der Waals surface area contributed by atoms with Gasteiger partial charge in [-0.3, -0.25) is 0 Å². The predicted octanol–water partition coefficient (Wildman–Crippen LogP) is 2.74. The Hall–Kier alpha value is -1.51. The number of ether oxygens (including phenoxy) is 1. The highest BCUT2D eigenvalue weighted by molar-refractivity contribution is 5.71. The van der Waals surface area contributed by atoms with Crippen LogP contribution in [0.25, 0.3) is 0 Å². The van der Waals surface area contributed by atoms with E-state index in [1.807, 2.05) is 0 Å². The third-order valence-corrected chi connectivity index (χ3v) is 4.94. The van der Waals surface area contributed by atoms with Crippen LogP contribution in [0.2, 0.25) is 0 Å². The van der Waals surface area contributed by atoms with E-state index in [-0.39, 0.29) is 17.7 Å². The van der Waals surface area contributed by atoms with Crippen molar-refractivity contribution in [1.29, 1.82) is 0 Å². The number of hydrogen-bond acceptors (Lipinski definition) is 2. The Morgan fingerprint density at radius 1 is 1.22 bits per heavy atom. The summed E-state index contributed by atoms with van der Waals surface area (Å²) >= 11 is 0. The maximum atomic E-state index is 11.8. The first-order chi connectivity index (χ1) is 8.78. The van der Waals surface area contributed by atoms with Gasteiger partial charge in [0.1, 0.15) is 6.10 Å². The Morgan fingerprint density at radius 3 is 3.06 bits per heavy atom. The fraction of sp³-hybridized carbons (Fsp3) is 0.533. The van der Waals surface area contributed by atoms with Gasteiger partial charge >= 0.3 is 6.09 Å². The van der Waals surface area contributed by atoms with E-state index in [1.54, 1.807) is 0 Å². The molecule has 0 radical (unpaired) electrons. The van der Waals surface area contributed by atoms with Crippen LogP contribution in [0.3, 0.4) is 0 Å². The largest absolute Gasteiger partial charge is 0.446 e. The number of benzene rings is 1. The van der Waals surface area contributed by atoms with Crippen LogP contribution in [0, 0.1) is 5.92 Å². The highest BCUT2D eigenvalue weighted by Gasteiger charge is 2.52. The maximum Gasteiger partial charge on any atom is 0.408 e. The molecule has 1 aromatic carbocycles. The zero-order valence-electron chi connectivity index (χ0n) is 10.3. The van der Waals surface area contributed by atoms with Gasteiger partial charge in [0.15, 0.2) is 0 Å². The van der Waals surface area contributed by atoms with E-state index in [2.05, 4.69) is 29.6 Å². The third-order valence-electron chi connectivity index (χ3n) is 4.94. The lowest BCUT2D eigenvalue weighted by atomic mass is 9.61. The summed E-state index contributed by atoms with van der Waals surface area (Å²) in [6.45, 7) is 0. The van der Waals surface area contributed by atoms with Crippen molar-refractivity contribution in [1.82, 2.24) is 5.32 Å². The zero-order valence-corrected chi connectivity index (χ0v) is 10.3. The second-order valence-electron chi connectivity index (χ2n) is 5.80. The summed E-state index contributed by atoms with van der Waals surface area (Å²) in [6.07, 6.45) is 5.35. The summed E-state index contributed by atoms with van der Waals surface area (Å²) in [4.78, 5) is 11.8. The van der Waals surface area contributed by atoms with Crippen molar-refractivity contribution in [2.75, 3.05) is 0 Å².